The quantitative estimate of drug-likeness (QED) is 0.784. The van der Waals surface area contributed by atoms with Crippen LogP contribution in [0.25, 0.3) is 0 Å². The van der Waals surface area contributed by atoms with Crippen molar-refractivity contribution < 1.29 is 14.6 Å². The van der Waals surface area contributed by atoms with E-state index >= 15 is 0 Å². The number of aromatic hydroxyl groups is 1. The molecule has 0 spiro atoms. The number of nitrogen functional groups attached to an aromatic ring is 1. The molecule has 0 atom stereocenters. The van der Waals surface area contributed by atoms with Crippen LogP contribution in [0.1, 0.15) is 10.4 Å². The van der Waals surface area contributed by atoms with Gasteiger partial charge in [-0.1, -0.05) is 17.4 Å². The minimum absolute atomic E-state index is 0.114. The van der Waals surface area contributed by atoms with E-state index in [0.717, 1.165) is 11.3 Å². The highest BCUT2D eigenvalue weighted by Crippen LogP contribution is 2.30. The molecule has 0 saturated heterocycles. The van der Waals surface area contributed by atoms with Crippen LogP contribution in [0.5, 0.6) is 11.5 Å². The van der Waals surface area contributed by atoms with Crippen LogP contribution in [0.3, 0.4) is 0 Å². The molecule has 0 saturated carbocycles. The third kappa shape index (κ3) is 2.35. The Morgan fingerprint density at radius 2 is 2.33 bits per heavy atom. The standard InChI is InChI=1S/C11H11N3O3S/c1-17-7-4-2-3-6(9(7)15)10(16)14-11-13-5-8(12)18-11/h2-5,15H,12H2,1H3,(H,13,14,16). The van der Waals surface area contributed by atoms with Gasteiger partial charge in [0.1, 0.15) is 5.00 Å². The van der Waals surface area contributed by atoms with E-state index in [1.165, 1.54) is 19.4 Å². The van der Waals surface area contributed by atoms with Crippen molar-refractivity contribution in [1.29, 1.82) is 0 Å². The normalized spacial score (nSPS) is 10.1. The molecule has 94 valence electrons. The maximum absolute atomic E-state index is 11.9. The second kappa shape index (κ2) is 4.92. The predicted molar refractivity (Wildman–Crippen MR) is 69.1 cm³/mol. The summed E-state index contributed by atoms with van der Waals surface area (Å²) < 4.78 is 4.93. The second-order valence-electron chi connectivity index (χ2n) is 3.38. The van der Waals surface area contributed by atoms with Crippen LogP contribution in [0.15, 0.2) is 24.4 Å². The third-order valence-electron chi connectivity index (χ3n) is 2.21. The SMILES string of the molecule is COc1cccc(C(=O)Nc2ncc(N)s2)c1O. The average molecular weight is 265 g/mol. The highest BCUT2D eigenvalue weighted by atomic mass is 32.1. The molecule has 6 nitrogen and oxygen atoms in total. The number of hydrogen-bond donors (Lipinski definition) is 3. The number of phenols is 1. The third-order valence-corrected chi connectivity index (χ3v) is 2.95. The van der Waals surface area contributed by atoms with E-state index in [1.807, 2.05) is 0 Å². The minimum Gasteiger partial charge on any atom is -0.504 e. The van der Waals surface area contributed by atoms with Crippen molar-refractivity contribution in [3.63, 3.8) is 0 Å². The molecule has 1 aromatic heterocycles. The summed E-state index contributed by atoms with van der Waals surface area (Å²) in [6.07, 6.45) is 1.45. The molecule has 0 fully saturated rings. The Hall–Kier alpha value is -2.28. The van der Waals surface area contributed by atoms with E-state index in [4.69, 9.17) is 10.5 Å². The van der Waals surface area contributed by atoms with Crippen molar-refractivity contribution in [2.24, 2.45) is 0 Å². The first-order valence-electron chi connectivity index (χ1n) is 5.00. The van der Waals surface area contributed by atoms with Crippen molar-refractivity contribution >= 4 is 27.4 Å². The number of ether oxygens (including phenoxy) is 1. The van der Waals surface area contributed by atoms with Crippen molar-refractivity contribution in [3.05, 3.63) is 30.0 Å². The van der Waals surface area contributed by atoms with Gasteiger partial charge in [0.2, 0.25) is 0 Å². The number of methoxy groups -OCH3 is 1. The molecule has 0 aliphatic rings. The van der Waals surface area contributed by atoms with E-state index in [2.05, 4.69) is 10.3 Å². The number of hydrogen-bond acceptors (Lipinski definition) is 6. The summed E-state index contributed by atoms with van der Waals surface area (Å²) in [7, 11) is 1.41. The minimum atomic E-state index is -0.472. The summed E-state index contributed by atoms with van der Waals surface area (Å²) in [6.45, 7) is 0. The average Bonchev–Trinajstić information content (AvgIpc) is 2.75. The molecular weight excluding hydrogens is 254 g/mol. The zero-order valence-corrected chi connectivity index (χ0v) is 10.3. The lowest BCUT2D eigenvalue weighted by atomic mass is 10.2. The van der Waals surface area contributed by atoms with Crippen LogP contribution in [-0.4, -0.2) is 23.1 Å². The number of nitrogens with two attached hydrogens (primary N) is 1. The van der Waals surface area contributed by atoms with Crippen molar-refractivity contribution in [2.75, 3.05) is 18.2 Å². The Labute approximate surface area is 107 Å². The Morgan fingerprint density at radius 1 is 1.56 bits per heavy atom. The number of anilines is 2. The zero-order valence-electron chi connectivity index (χ0n) is 9.51. The van der Waals surface area contributed by atoms with Gasteiger partial charge in [-0.15, -0.1) is 0 Å². The molecule has 2 rings (SSSR count). The van der Waals surface area contributed by atoms with Crippen molar-refractivity contribution in [1.82, 2.24) is 4.98 Å². The number of phenolic OH excluding ortho intramolecular Hbond substituents is 1. The van der Waals surface area contributed by atoms with E-state index in [0.29, 0.717) is 10.1 Å². The van der Waals surface area contributed by atoms with Crippen molar-refractivity contribution in [3.8, 4) is 11.5 Å². The summed E-state index contributed by atoms with van der Waals surface area (Å²) in [6, 6.07) is 4.67. The molecule has 1 amide bonds. The largest absolute Gasteiger partial charge is 0.504 e. The van der Waals surface area contributed by atoms with Gasteiger partial charge in [0, 0.05) is 0 Å². The summed E-state index contributed by atoms with van der Waals surface area (Å²) >= 11 is 1.15. The van der Waals surface area contributed by atoms with Gasteiger partial charge in [-0.05, 0) is 12.1 Å². The lowest BCUT2D eigenvalue weighted by Crippen LogP contribution is -2.12. The number of carbonyl (C=O) groups excluding carboxylic acids is 1. The zero-order chi connectivity index (χ0) is 13.1. The molecule has 0 bridgehead atoms. The van der Waals surface area contributed by atoms with Gasteiger partial charge in [0.05, 0.1) is 18.9 Å². The first-order valence-corrected chi connectivity index (χ1v) is 5.82. The topological polar surface area (TPSA) is 97.5 Å². The highest BCUT2D eigenvalue weighted by molar-refractivity contribution is 7.19. The number of thiazole rings is 1. The van der Waals surface area contributed by atoms with Crippen LogP contribution in [-0.2, 0) is 0 Å². The van der Waals surface area contributed by atoms with E-state index < -0.39 is 5.91 Å². The molecule has 0 aliphatic heterocycles. The monoisotopic (exact) mass is 265 g/mol. The van der Waals surface area contributed by atoms with Gasteiger partial charge in [0.25, 0.3) is 5.91 Å². The van der Waals surface area contributed by atoms with Crippen LogP contribution < -0.4 is 15.8 Å². The van der Waals surface area contributed by atoms with Crippen LogP contribution >= 0.6 is 11.3 Å². The molecule has 7 heteroatoms. The first-order chi connectivity index (χ1) is 8.61. The second-order valence-corrected chi connectivity index (χ2v) is 4.44. The highest BCUT2D eigenvalue weighted by Gasteiger charge is 2.15. The van der Waals surface area contributed by atoms with Crippen LogP contribution in [0, 0.1) is 0 Å². The molecule has 1 heterocycles. The van der Waals surface area contributed by atoms with Gasteiger partial charge >= 0.3 is 0 Å². The summed E-state index contributed by atoms with van der Waals surface area (Å²) in [4.78, 5) is 15.8. The number of aromatic nitrogens is 1. The fraction of sp³-hybridized carbons (Fsp3) is 0.0909. The smallest absolute Gasteiger partial charge is 0.261 e. The molecule has 1 aromatic carbocycles. The van der Waals surface area contributed by atoms with Gasteiger partial charge in [-0.2, -0.15) is 0 Å². The number of nitrogens with zero attached hydrogens (tertiary/aromatic N) is 1. The van der Waals surface area contributed by atoms with Gasteiger partial charge in [0.15, 0.2) is 16.6 Å². The first kappa shape index (κ1) is 12.2. The molecule has 0 unspecified atom stereocenters. The lowest BCUT2D eigenvalue weighted by molar-refractivity contribution is 0.102. The molecule has 2 aromatic rings. The lowest BCUT2D eigenvalue weighted by Gasteiger charge is -2.07. The number of nitrogens with one attached hydrogen (secondary N) is 1. The number of amides is 1. The Bertz CT molecular complexity index is 583. The predicted octanol–water partition coefficient (Wildman–Crippen LogP) is 1.69. The molecule has 4 N–H and O–H groups in total. The van der Waals surface area contributed by atoms with Gasteiger partial charge in [-0.25, -0.2) is 4.98 Å². The maximum atomic E-state index is 11.9. The number of para-hydroxylation sites is 1. The maximum Gasteiger partial charge on any atom is 0.261 e. The summed E-state index contributed by atoms with van der Waals surface area (Å²) in [5.74, 6) is -0.441. The Balaban J connectivity index is 2.24. The molecule has 18 heavy (non-hydrogen) atoms. The fourth-order valence-corrected chi connectivity index (χ4v) is 1.96. The van der Waals surface area contributed by atoms with E-state index in [1.54, 1.807) is 12.1 Å². The van der Waals surface area contributed by atoms with Gasteiger partial charge < -0.3 is 15.6 Å². The Morgan fingerprint density at radius 3 is 2.94 bits per heavy atom. The number of carbonyl (C=O) groups is 1. The van der Waals surface area contributed by atoms with Crippen molar-refractivity contribution in [2.45, 2.75) is 0 Å². The van der Waals surface area contributed by atoms with Gasteiger partial charge in [-0.3, -0.25) is 10.1 Å². The molecular formula is C11H11N3O3S. The Kier molecular flexibility index (Phi) is 3.33. The summed E-state index contributed by atoms with van der Waals surface area (Å²) in [5.41, 5.74) is 5.62. The summed E-state index contributed by atoms with van der Waals surface area (Å²) in [5, 5.41) is 13.2. The number of benzene rings is 1. The van der Waals surface area contributed by atoms with E-state index in [9.17, 15) is 9.90 Å². The van der Waals surface area contributed by atoms with Crippen LogP contribution in [0.4, 0.5) is 10.1 Å². The molecule has 0 radical (unpaired) electrons. The number of rotatable bonds is 3. The van der Waals surface area contributed by atoms with Crippen LogP contribution in [0.2, 0.25) is 0 Å². The fourth-order valence-electron chi connectivity index (χ4n) is 1.38. The van der Waals surface area contributed by atoms with E-state index in [-0.39, 0.29) is 17.1 Å². The molecule has 0 aliphatic carbocycles.